The van der Waals surface area contributed by atoms with Crippen LogP contribution < -0.4 is 19.9 Å². The number of nitriles is 1. The Labute approximate surface area is 284 Å². The Morgan fingerprint density at radius 3 is 2.71 bits per heavy atom. The number of rotatable bonds is 8. The van der Waals surface area contributed by atoms with Gasteiger partial charge in [0.05, 0.1) is 47.7 Å². The predicted molar refractivity (Wildman–Crippen MR) is 186 cm³/mol. The molecular weight excluding hydrogens is 604 g/mol. The second-order valence-corrected chi connectivity index (χ2v) is 14.7. The highest BCUT2D eigenvalue weighted by Crippen LogP contribution is 2.43. The van der Waals surface area contributed by atoms with E-state index in [0.29, 0.717) is 25.6 Å². The fourth-order valence-corrected chi connectivity index (χ4v) is 8.30. The monoisotopic (exact) mass is 654 g/mol. The van der Waals surface area contributed by atoms with Crippen molar-refractivity contribution in [1.82, 2.24) is 34.9 Å². The van der Waals surface area contributed by atoms with Gasteiger partial charge in [0.1, 0.15) is 12.4 Å². The Morgan fingerprint density at radius 2 is 1.94 bits per heavy atom. The third kappa shape index (κ3) is 5.99. The van der Waals surface area contributed by atoms with Crippen molar-refractivity contribution in [3.63, 3.8) is 0 Å². The van der Waals surface area contributed by atoms with Crippen LogP contribution in [0.4, 0.5) is 11.5 Å². The van der Waals surface area contributed by atoms with Crippen molar-refractivity contribution in [1.29, 1.82) is 5.26 Å². The van der Waals surface area contributed by atoms with E-state index in [1.165, 1.54) is 34.2 Å². The predicted octanol–water partition coefficient (Wildman–Crippen LogP) is 3.56. The molecular formula is C36H50N10O2. The summed E-state index contributed by atoms with van der Waals surface area (Å²) in [5.41, 5.74) is 7.28. The van der Waals surface area contributed by atoms with Gasteiger partial charge >= 0.3 is 6.01 Å². The van der Waals surface area contributed by atoms with Crippen molar-refractivity contribution in [3.8, 4) is 12.1 Å². The Bertz CT molecular complexity index is 1680. The van der Waals surface area contributed by atoms with Crippen molar-refractivity contribution in [2.24, 2.45) is 0 Å². The fourth-order valence-electron chi connectivity index (χ4n) is 8.30. The molecule has 0 radical (unpaired) electrons. The maximum atomic E-state index is 9.44. The number of piperazine rings is 2. The molecule has 0 amide bonds. The van der Waals surface area contributed by atoms with Crippen LogP contribution >= 0.6 is 0 Å². The first-order valence-corrected chi connectivity index (χ1v) is 18.1. The molecule has 2 aromatic heterocycles. The first-order chi connectivity index (χ1) is 23.4. The van der Waals surface area contributed by atoms with Gasteiger partial charge < -0.3 is 29.5 Å². The summed E-state index contributed by atoms with van der Waals surface area (Å²) >= 11 is 0. The van der Waals surface area contributed by atoms with Crippen LogP contribution in [0.1, 0.15) is 67.1 Å². The molecule has 1 saturated carbocycles. The average molecular weight is 655 g/mol. The smallest absolute Gasteiger partial charge is 0.318 e. The minimum atomic E-state index is -0.00667. The zero-order valence-electron chi connectivity index (χ0n) is 28.9. The average Bonchev–Trinajstić information content (AvgIpc) is 3.80. The van der Waals surface area contributed by atoms with Crippen LogP contribution in [0.25, 0.3) is 10.9 Å². The molecule has 0 spiro atoms. The number of nitrogens with one attached hydrogen (secondary N) is 1. The molecule has 6 heterocycles. The largest absolute Gasteiger partial charge is 0.461 e. The lowest BCUT2D eigenvalue weighted by Gasteiger charge is -2.39. The number of nitrogens with zero attached hydrogens (tertiary/aromatic N) is 9. The highest BCUT2D eigenvalue weighted by Gasteiger charge is 2.49. The molecule has 1 aliphatic carbocycles. The van der Waals surface area contributed by atoms with E-state index in [1.807, 2.05) is 6.20 Å². The molecule has 0 bridgehead atoms. The number of ether oxygens (including phenoxy) is 2. The van der Waals surface area contributed by atoms with E-state index >= 15 is 0 Å². The molecule has 3 saturated heterocycles. The molecule has 4 aliphatic heterocycles. The van der Waals surface area contributed by atoms with Crippen molar-refractivity contribution in [2.45, 2.75) is 83.1 Å². The summed E-state index contributed by atoms with van der Waals surface area (Å²) in [5, 5.41) is 19.0. The summed E-state index contributed by atoms with van der Waals surface area (Å²) in [6, 6.07) is 5.24. The molecule has 5 aliphatic rings. The Kier molecular flexibility index (Phi) is 8.65. The van der Waals surface area contributed by atoms with Crippen molar-refractivity contribution < 1.29 is 9.47 Å². The van der Waals surface area contributed by atoms with E-state index < -0.39 is 0 Å². The summed E-state index contributed by atoms with van der Waals surface area (Å²) in [6.07, 6.45) is 8.97. The minimum Gasteiger partial charge on any atom is -0.461 e. The molecule has 1 aromatic carbocycles. The Morgan fingerprint density at radius 1 is 1.08 bits per heavy atom. The molecule has 1 unspecified atom stereocenters. The molecule has 8 rings (SSSR count). The topological polar surface area (TPSA) is 111 Å². The summed E-state index contributed by atoms with van der Waals surface area (Å²) in [6.45, 7) is 14.2. The number of aromatic nitrogens is 4. The van der Waals surface area contributed by atoms with E-state index in [2.05, 4.69) is 62.6 Å². The maximum Gasteiger partial charge on any atom is 0.318 e. The van der Waals surface area contributed by atoms with Gasteiger partial charge in [-0.2, -0.15) is 20.3 Å². The Balaban J connectivity index is 1.11. The maximum absolute atomic E-state index is 9.44. The lowest BCUT2D eigenvalue weighted by molar-refractivity contribution is -0.0366. The summed E-state index contributed by atoms with van der Waals surface area (Å²) in [4.78, 5) is 20.2. The van der Waals surface area contributed by atoms with Crippen LogP contribution in [0.2, 0.25) is 0 Å². The van der Waals surface area contributed by atoms with Crippen LogP contribution in [0.3, 0.4) is 0 Å². The van der Waals surface area contributed by atoms with Gasteiger partial charge in [-0.15, -0.1) is 0 Å². The molecule has 4 fully saturated rings. The molecule has 12 heteroatoms. The van der Waals surface area contributed by atoms with Crippen LogP contribution in [0.15, 0.2) is 12.3 Å². The standard InChI is InChI=1S/C36H50N10O2/c1-25-20-31-29(21-39-46(31)32-6-4-5-19-47-32)33(26(25)2)43-13-8-28-30(23-43)40-35(41-34(28)44-14-12-38-27(22-44)7-11-37)48-24-36(9-10-36)45-17-15-42(3)16-18-45/h20-21,27,32,38H,4-10,12-19,22-24H2,1-3H3/t27-,32?/m0/s1. The van der Waals surface area contributed by atoms with Gasteiger partial charge in [-0.05, 0) is 76.6 Å². The van der Waals surface area contributed by atoms with E-state index in [9.17, 15) is 5.26 Å². The SMILES string of the molecule is Cc1cc2c(cnn2C2CCCCO2)c(N2CCc3c(nc(OCC4(N5CCN(C)CC5)CC4)nc3N3CCN[C@@H](CC#N)C3)C2)c1C. The third-order valence-corrected chi connectivity index (χ3v) is 11.5. The lowest BCUT2D eigenvalue weighted by atomic mass is 9.99. The lowest BCUT2D eigenvalue weighted by Crippen LogP contribution is -2.52. The quantitative estimate of drug-likeness (QED) is 0.385. The molecule has 1 N–H and O–H groups in total. The second-order valence-electron chi connectivity index (χ2n) is 14.7. The molecule has 3 aromatic rings. The van der Waals surface area contributed by atoms with Gasteiger partial charge in [0, 0.05) is 76.0 Å². The summed E-state index contributed by atoms with van der Waals surface area (Å²) in [5.74, 6) is 0.983. The number of anilines is 2. The molecule has 12 nitrogen and oxygen atoms in total. The first-order valence-electron chi connectivity index (χ1n) is 18.1. The molecule has 2 atom stereocenters. The third-order valence-electron chi connectivity index (χ3n) is 11.5. The van der Waals surface area contributed by atoms with Crippen LogP contribution in [0, 0.1) is 25.2 Å². The van der Waals surface area contributed by atoms with Crippen molar-refractivity contribution >= 4 is 22.4 Å². The number of aryl methyl sites for hydroxylation is 1. The van der Waals surface area contributed by atoms with Crippen LogP contribution in [-0.2, 0) is 17.7 Å². The second kappa shape index (κ2) is 13.1. The van der Waals surface area contributed by atoms with E-state index in [4.69, 9.17) is 24.5 Å². The fraction of sp³-hybridized carbons (Fsp3) is 0.667. The van der Waals surface area contributed by atoms with E-state index in [0.717, 1.165) is 108 Å². The normalized spacial score (nSPS) is 24.8. The van der Waals surface area contributed by atoms with Gasteiger partial charge in [-0.25, -0.2) is 4.68 Å². The number of hydrogen-bond acceptors (Lipinski definition) is 11. The van der Waals surface area contributed by atoms with E-state index in [1.54, 1.807) is 0 Å². The van der Waals surface area contributed by atoms with Gasteiger partial charge in [-0.3, -0.25) is 4.90 Å². The zero-order valence-corrected chi connectivity index (χ0v) is 28.9. The highest BCUT2D eigenvalue weighted by molar-refractivity contribution is 5.95. The highest BCUT2D eigenvalue weighted by atomic mass is 16.5. The number of hydrogen-bond donors (Lipinski definition) is 1. The molecule has 256 valence electrons. The Hall–Kier alpha value is -3.50. The number of likely N-dealkylation sites (N-methyl/N-ethyl adjacent to an activating group) is 1. The first kappa shape index (κ1) is 31.7. The van der Waals surface area contributed by atoms with Gasteiger partial charge in [0.15, 0.2) is 6.23 Å². The minimum absolute atomic E-state index is 0.00667. The van der Waals surface area contributed by atoms with Crippen molar-refractivity contribution in [2.75, 3.05) is 82.4 Å². The van der Waals surface area contributed by atoms with Gasteiger partial charge in [-0.1, -0.05) is 0 Å². The molecule has 48 heavy (non-hydrogen) atoms. The number of fused-ring (bicyclic) bond motifs is 2. The van der Waals surface area contributed by atoms with Gasteiger partial charge in [0.2, 0.25) is 0 Å². The van der Waals surface area contributed by atoms with Crippen LogP contribution in [0.5, 0.6) is 6.01 Å². The van der Waals surface area contributed by atoms with Gasteiger partial charge in [0.25, 0.3) is 0 Å². The van der Waals surface area contributed by atoms with E-state index in [-0.39, 0.29) is 17.8 Å². The van der Waals surface area contributed by atoms with Crippen LogP contribution in [-0.4, -0.2) is 114 Å². The summed E-state index contributed by atoms with van der Waals surface area (Å²) in [7, 11) is 2.21. The zero-order chi connectivity index (χ0) is 32.8. The summed E-state index contributed by atoms with van der Waals surface area (Å²) < 4.78 is 14.9. The van der Waals surface area contributed by atoms with Crippen molar-refractivity contribution in [3.05, 3.63) is 34.6 Å². The number of benzene rings is 1.